The van der Waals surface area contributed by atoms with Gasteiger partial charge in [0.25, 0.3) is 0 Å². The van der Waals surface area contributed by atoms with Crippen LogP contribution in [0.4, 0.5) is 0 Å². The summed E-state index contributed by atoms with van der Waals surface area (Å²) in [5.41, 5.74) is 3.23. The highest BCUT2D eigenvalue weighted by Gasteiger charge is 2.37. The highest BCUT2D eigenvalue weighted by molar-refractivity contribution is 4.96. The third-order valence-corrected chi connectivity index (χ3v) is 4.30. The monoisotopic (exact) mass is 229 g/mol. The Morgan fingerprint density at radius 1 is 1.19 bits per heavy atom. The van der Waals surface area contributed by atoms with Crippen LogP contribution in [-0.4, -0.2) is 30.6 Å². The molecule has 0 aromatic carbocycles. The summed E-state index contributed by atoms with van der Waals surface area (Å²) in [5.74, 6) is 6.49. The maximum atomic E-state index is 5.77. The van der Waals surface area contributed by atoms with E-state index in [2.05, 4.69) is 52.1 Å². The van der Waals surface area contributed by atoms with Crippen LogP contribution >= 0.6 is 0 Å². The molecule has 3 nitrogen and oxygen atoms in total. The average molecular weight is 229 g/mol. The van der Waals surface area contributed by atoms with E-state index in [0.717, 1.165) is 25.2 Å². The van der Waals surface area contributed by atoms with Crippen molar-refractivity contribution in [3.63, 3.8) is 0 Å². The summed E-state index contributed by atoms with van der Waals surface area (Å²) < 4.78 is 0. The van der Waals surface area contributed by atoms with Gasteiger partial charge in [-0.1, -0.05) is 34.1 Å². The Hall–Kier alpha value is -0.120. The van der Waals surface area contributed by atoms with Gasteiger partial charge in [0.2, 0.25) is 0 Å². The quantitative estimate of drug-likeness (QED) is 0.496. The Kier molecular flexibility index (Phi) is 7.20. The zero-order chi connectivity index (χ0) is 12.8. The lowest BCUT2D eigenvalue weighted by molar-refractivity contribution is 0.0767. The molecule has 0 heterocycles. The van der Waals surface area contributed by atoms with Crippen LogP contribution in [0.2, 0.25) is 0 Å². The van der Waals surface area contributed by atoms with Gasteiger partial charge >= 0.3 is 0 Å². The third kappa shape index (κ3) is 3.44. The van der Waals surface area contributed by atoms with Crippen molar-refractivity contribution in [2.24, 2.45) is 11.8 Å². The largest absolute Gasteiger partial charge is 0.302 e. The molecule has 0 aromatic heterocycles. The van der Waals surface area contributed by atoms with Crippen molar-refractivity contribution in [2.45, 2.75) is 65.0 Å². The van der Waals surface area contributed by atoms with E-state index in [1.54, 1.807) is 0 Å². The van der Waals surface area contributed by atoms with Gasteiger partial charge in [0.05, 0.1) is 0 Å². The molecule has 0 radical (unpaired) electrons. The normalized spacial score (nSPS) is 16.5. The topological polar surface area (TPSA) is 41.3 Å². The highest BCUT2D eigenvalue weighted by Crippen LogP contribution is 2.29. The van der Waals surface area contributed by atoms with Crippen molar-refractivity contribution in [3.8, 4) is 0 Å². The Morgan fingerprint density at radius 3 is 1.94 bits per heavy atom. The molecule has 2 unspecified atom stereocenters. The lowest BCUT2D eigenvalue weighted by atomic mass is 9.79. The molecule has 2 atom stereocenters. The number of hydrazine groups is 1. The zero-order valence-electron chi connectivity index (χ0n) is 12.0. The van der Waals surface area contributed by atoms with Gasteiger partial charge in [0.15, 0.2) is 0 Å². The van der Waals surface area contributed by atoms with Crippen molar-refractivity contribution < 1.29 is 0 Å². The minimum absolute atomic E-state index is 0.179. The van der Waals surface area contributed by atoms with E-state index < -0.39 is 0 Å². The van der Waals surface area contributed by atoms with Crippen LogP contribution in [-0.2, 0) is 0 Å². The van der Waals surface area contributed by atoms with Crippen LogP contribution in [0.25, 0.3) is 0 Å². The first-order valence-electron chi connectivity index (χ1n) is 6.61. The van der Waals surface area contributed by atoms with E-state index in [-0.39, 0.29) is 5.54 Å². The minimum Gasteiger partial charge on any atom is -0.302 e. The van der Waals surface area contributed by atoms with Crippen molar-refractivity contribution in [1.82, 2.24) is 10.3 Å². The molecule has 98 valence electrons. The number of nitrogens with zero attached hydrogens (tertiary/aromatic N) is 1. The molecular formula is C13H31N3. The number of rotatable bonds is 8. The van der Waals surface area contributed by atoms with Gasteiger partial charge in [-0.05, 0) is 39.3 Å². The lowest BCUT2D eigenvalue weighted by Gasteiger charge is -2.45. The van der Waals surface area contributed by atoms with Gasteiger partial charge in [-0.25, -0.2) is 0 Å². The van der Waals surface area contributed by atoms with Crippen LogP contribution < -0.4 is 11.3 Å². The first kappa shape index (κ1) is 15.9. The molecule has 0 saturated carbocycles. The second-order valence-corrected chi connectivity index (χ2v) is 5.17. The third-order valence-electron chi connectivity index (χ3n) is 4.30. The minimum atomic E-state index is 0.179. The number of hydrogen-bond donors (Lipinski definition) is 2. The SMILES string of the molecule is CCC(C)CC(NN)C(CC)(CC)N(C)C. The van der Waals surface area contributed by atoms with Gasteiger partial charge in [0, 0.05) is 11.6 Å². The molecule has 0 aromatic rings. The Labute approximate surface area is 102 Å². The van der Waals surface area contributed by atoms with E-state index in [1.807, 2.05) is 0 Å². The fourth-order valence-corrected chi connectivity index (χ4v) is 2.70. The summed E-state index contributed by atoms with van der Waals surface area (Å²) in [6, 6.07) is 0.368. The number of likely N-dealkylation sites (N-methyl/N-ethyl adjacent to an activating group) is 1. The predicted molar refractivity (Wildman–Crippen MR) is 72.2 cm³/mol. The summed E-state index contributed by atoms with van der Waals surface area (Å²) in [7, 11) is 4.32. The molecule has 0 fully saturated rings. The molecule has 0 aliphatic rings. The molecule has 0 amide bonds. The summed E-state index contributed by atoms with van der Waals surface area (Å²) in [4.78, 5) is 2.33. The van der Waals surface area contributed by atoms with E-state index in [0.29, 0.717) is 6.04 Å². The average Bonchev–Trinajstić information content (AvgIpc) is 2.28. The summed E-state index contributed by atoms with van der Waals surface area (Å²) in [6.45, 7) is 9.05. The van der Waals surface area contributed by atoms with E-state index in [9.17, 15) is 0 Å². The van der Waals surface area contributed by atoms with Gasteiger partial charge in [-0.15, -0.1) is 0 Å². The summed E-state index contributed by atoms with van der Waals surface area (Å²) in [6.07, 6.45) is 4.62. The molecule has 16 heavy (non-hydrogen) atoms. The van der Waals surface area contributed by atoms with Crippen molar-refractivity contribution >= 4 is 0 Å². The zero-order valence-corrected chi connectivity index (χ0v) is 12.0. The first-order valence-corrected chi connectivity index (χ1v) is 6.61. The smallest absolute Gasteiger partial charge is 0.0396 e. The second-order valence-electron chi connectivity index (χ2n) is 5.17. The van der Waals surface area contributed by atoms with Gasteiger partial charge in [-0.2, -0.15) is 0 Å². The molecule has 3 heteroatoms. The van der Waals surface area contributed by atoms with E-state index in [4.69, 9.17) is 5.84 Å². The Morgan fingerprint density at radius 2 is 1.69 bits per heavy atom. The summed E-state index contributed by atoms with van der Waals surface area (Å²) in [5, 5.41) is 0. The Bertz CT molecular complexity index is 176. The number of nitrogens with two attached hydrogens (primary N) is 1. The van der Waals surface area contributed by atoms with Gasteiger partial charge in [0.1, 0.15) is 0 Å². The van der Waals surface area contributed by atoms with Crippen molar-refractivity contribution in [1.29, 1.82) is 0 Å². The predicted octanol–water partition coefficient (Wildman–Crippen LogP) is 2.37. The second kappa shape index (κ2) is 7.25. The maximum absolute atomic E-state index is 5.77. The molecule has 0 aliphatic heterocycles. The van der Waals surface area contributed by atoms with Crippen molar-refractivity contribution in [3.05, 3.63) is 0 Å². The van der Waals surface area contributed by atoms with Crippen LogP contribution in [0.3, 0.4) is 0 Å². The molecule has 0 spiro atoms. The fraction of sp³-hybridized carbons (Fsp3) is 1.00. The fourth-order valence-electron chi connectivity index (χ4n) is 2.70. The van der Waals surface area contributed by atoms with Crippen LogP contribution in [0.5, 0.6) is 0 Å². The van der Waals surface area contributed by atoms with Gasteiger partial charge < -0.3 is 4.90 Å². The first-order chi connectivity index (χ1) is 7.48. The maximum Gasteiger partial charge on any atom is 0.0396 e. The lowest BCUT2D eigenvalue weighted by Crippen LogP contribution is -2.60. The molecular weight excluding hydrogens is 198 g/mol. The molecule has 0 saturated heterocycles. The van der Waals surface area contributed by atoms with E-state index in [1.165, 1.54) is 6.42 Å². The number of hydrogen-bond acceptors (Lipinski definition) is 3. The standard InChI is InChI=1S/C13H31N3/c1-7-11(4)10-12(15-14)13(8-2,9-3)16(5)6/h11-12,15H,7-10,14H2,1-6H3. The highest BCUT2D eigenvalue weighted by atomic mass is 15.3. The van der Waals surface area contributed by atoms with E-state index >= 15 is 0 Å². The van der Waals surface area contributed by atoms with Crippen LogP contribution in [0.1, 0.15) is 53.4 Å². The molecule has 0 rings (SSSR count). The van der Waals surface area contributed by atoms with Crippen LogP contribution in [0.15, 0.2) is 0 Å². The van der Waals surface area contributed by atoms with Crippen LogP contribution in [0, 0.1) is 5.92 Å². The number of nitrogens with one attached hydrogen (secondary N) is 1. The Balaban J connectivity index is 4.84. The molecule has 3 N–H and O–H groups in total. The molecule has 0 bridgehead atoms. The van der Waals surface area contributed by atoms with Gasteiger partial charge in [-0.3, -0.25) is 11.3 Å². The van der Waals surface area contributed by atoms with Crippen molar-refractivity contribution in [2.75, 3.05) is 14.1 Å². The summed E-state index contributed by atoms with van der Waals surface area (Å²) >= 11 is 0. The molecule has 0 aliphatic carbocycles.